The molecule has 96 valence electrons. The molecule has 0 saturated carbocycles. The zero-order valence-electron chi connectivity index (χ0n) is 6.88. The molecule has 0 aliphatic heterocycles. The summed E-state index contributed by atoms with van der Waals surface area (Å²) in [6.07, 6.45) is 0. The van der Waals surface area contributed by atoms with Crippen molar-refractivity contribution >= 4 is 31.0 Å². The Hall–Kier alpha value is 0.105. The van der Waals surface area contributed by atoms with E-state index in [1.54, 1.807) is 0 Å². The van der Waals surface area contributed by atoms with Crippen molar-refractivity contribution in [2.24, 2.45) is 0 Å². The Morgan fingerprint density at radius 2 is 0.643 bits per heavy atom. The number of rotatable bonds is 2. The molecule has 0 fully saturated rings. The second-order valence-corrected chi connectivity index (χ2v) is 1.80. The first-order valence-electron chi connectivity index (χ1n) is 0.943. The van der Waals surface area contributed by atoms with Crippen molar-refractivity contribution in [1.82, 2.24) is 0 Å². The molecule has 0 aromatic carbocycles. The van der Waals surface area contributed by atoms with Crippen LogP contribution in [0, 0.1) is 0 Å². The van der Waals surface area contributed by atoms with Crippen LogP contribution in [0.1, 0.15) is 0 Å². The maximum absolute atomic E-state index is 9.21. The van der Waals surface area contributed by atoms with Crippen molar-refractivity contribution < 1.29 is 59.7 Å². The summed E-state index contributed by atoms with van der Waals surface area (Å²) in [5.41, 5.74) is 0. The van der Waals surface area contributed by atoms with E-state index >= 15 is 0 Å². The Morgan fingerprint density at radius 3 is 0.643 bits per heavy atom. The van der Waals surface area contributed by atoms with Gasteiger partial charge < -0.3 is 49.3 Å². The fourth-order valence-corrected chi connectivity index (χ4v) is 0.204. The van der Waals surface area contributed by atoms with Gasteiger partial charge in [-0.3, -0.25) is 0 Å². The molecule has 0 spiro atoms. The quantitative estimate of drug-likeness (QED) is 0.438. The van der Waals surface area contributed by atoms with Crippen LogP contribution in [0.25, 0.3) is 0 Å². The van der Waals surface area contributed by atoms with Crippen molar-refractivity contribution in [1.29, 1.82) is 0 Å². The fraction of sp³-hybridized carbons (Fsp3) is 0. The van der Waals surface area contributed by atoms with Crippen molar-refractivity contribution in [2.45, 2.75) is 0 Å². The van der Waals surface area contributed by atoms with Gasteiger partial charge in [0.2, 0.25) is 0 Å². The first-order chi connectivity index (χ1) is 2.41. The van der Waals surface area contributed by atoms with Crippen LogP contribution in [-0.2, 0) is 10.4 Å². The van der Waals surface area contributed by atoms with Gasteiger partial charge in [0, 0.05) is 0 Å². The fourth-order valence-electron chi connectivity index (χ4n) is 0.0227. The monoisotopic (exact) mass is 264 g/mol. The third-order valence-electron chi connectivity index (χ3n) is 0.111. The molecule has 0 unspecified atom stereocenters. The van der Waals surface area contributed by atoms with E-state index in [0.29, 0.717) is 0 Å². The molecule has 18 N–H and O–H groups in total. The van der Waals surface area contributed by atoms with Gasteiger partial charge >= 0.3 is 41.4 Å². The van der Waals surface area contributed by atoms with E-state index in [1.165, 1.54) is 0 Å². The van der Waals surface area contributed by atoms with Crippen LogP contribution in [0.5, 0.6) is 0 Å². The van der Waals surface area contributed by atoms with Gasteiger partial charge in [-0.25, -0.2) is 0 Å². The Balaban J connectivity index is -0.00000000222. The predicted molar refractivity (Wildman–Crippen MR) is 46.5 cm³/mol. The van der Waals surface area contributed by atoms with Crippen molar-refractivity contribution in [2.75, 3.05) is 0 Å². The Morgan fingerprint density at radius 1 is 0.500 bits per heavy atom. The molecule has 0 bridgehead atoms. The summed E-state index contributed by atoms with van der Waals surface area (Å²) in [5.74, 6) is 0. The van der Waals surface area contributed by atoms with Crippen LogP contribution in [0.3, 0.4) is 0 Å². The van der Waals surface area contributed by atoms with Crippen LogP contribution in [0.15, 0.2) is 0 Å². The molecule has 0 rings (SSSR count). The summed E-state index contributed by atoms with van der Waals surface area (Å²) >= 11 is -2.48. The molecule has 0 aliphatic rings. The molecule has 0 saturated heterocycles. The summed E-state index contributed by atoms with van der Waals surface area (Å²) < 4.78 is 22.3. The Kier molecular flexibility index (Phi) is 2050. The summed E-state index contributed by atoms with van der Waals surface area (Å²) in [5, 5.41) is 0. The van der Waals surface area contributed by atoms with Crippen molar-refractivity contribution in [3.05, 3.63) is 0 Å². The molecule has 14 heteroatoms. The van der Waals surface area contributed by atoms with E-state index in [1.807, 2.05) is 0 Å². The second-order valence-electron chi connectivity index (χ2n) is 0.329. The second kappa shape index (κ2) is 199. The van der Waals surface area contributed by atoms with Gasteiger partial charge in [0.15, 0.2) is 0 Å². The average molecular weight is 264 g/mol. The van der Waals surface area contributed by atoms with Gasteiger partial charge in [0.05, 0.1) is 0 Å². The van der Waals surface area contributed by atoms with Gasteiger partial charge in [-0.1, -0.05) is 0 Å². The molecule has 0 radical (unpaired) electrons. The van der Waals surface area contributed by atoms with Gasteiger partial charge in [-0.15, -0.1) is 0 Å². The minimum absolute atomic E-state index is 0. The van der Waals surface area contributed by atoms with Gasteiger partial charge in [0.25, 0.3) is 0 Å². The van der Waals surface area contributed by atoms with Gasteiger partial charge in [-0.2, -0.15) is 0 Å². The van der Waals surface area contributed by atoms with E-state index in [9.17, 15) is 7.61 Å². The van der Waals surface area contributed by atoms with Crippen LogP contribution < -0.4 is 0 Å². The SMILES string of the molecule is O.O.O.O.O.O.O.O.O.[O]=[Al][O][Al]=[O]. The van der Waals surface area contributed by atoms with Crippen LogP contribution >= 0.6 is 0 Å². The van der Waals surface area contributed by atoms with Crippen molar-refractivity contribution in [3.8, 4) is 0 Å². The van der Waals surface area contributed by atoms with E-state index in [4.69, 9.17) is 0 Å². The summed E-state index contributed by atoms with van der Waals surface area (Å²) in [7, 11) is 0. The van der Waals surface area contributed by atoms with E-state index in [-0.39, 0.29) is 49.3 Å². The Bertz CT molecular complexity index is 37.6. The van der Waals surface area contributed by atoms with Crippen LogP contribution in [-0.4, -0.2) is 80.3 Å². The molecule has 0 aliphatic carbocycles. The molecule has 12 nitrogen and oxygen atoms in total. The Labute approximate surface area is 91.2 Å². The number of hydrogen-bond donors (Lipinski definition) is 0. The molecule has 14 heavy (non-hydrogen) atoms. The first-order valence-corrected chi connectivity index (χ1v) is 2.83. The van der Waals surface area contributed by atoms with Crippen molar-refractivity contribution in [3.63, 3.8) is 0 Å². The van der Waals surface area contributed by atoms with Crippen LogP contribution in [0.2, 0.25) is 0 Å². The summed E-state index contributed by atoms with van der Waals surface area (Å²) in [4.78, 5) is 0. The normalized spacial score (nSPS) is 1.43. The zero-order valence-corrected chi connectivity index (χ0v) is 9.19. The maximum atomic E-state index is 9.21. The number of hydrogen-bond acceptors (Lipinski definition) is 3. The third kappa shape index (κ3) is 337. The van der Waals surface area contributed by atoms with E-state index in [0.717, 1.165) is 0 Å². The standard InChI is InChI=1S/2Al.9H2O.3O/h;;9*1H2;;;. The summed E-state index contributed by atoms with van der Waals surface area (Å²) in [6.45, 7) is 0. The zero-order chi connectivity index (χ0) is 4.12. The molecule has 0 aromatic rings. The van der Waals surface area contributed by atoms with E-state index < -0.39 is 31.0 Å². The van der Waals surface area contributed by atoms with Gasteiger partial charge in [-0.05, 0) is 0 Å². The molecular weight excluding hydrogens is 246 g/mol. The molecular formula is H18Al2O12. The first kappa shape index (κ1) is 144. The van der Waals surface area contributed by atoms with E-state index in [2.05, 4.69) is 2.84 Å². The predicted octanol–water partition coefficient (Wildman–Crippen LogP) is -8.49. The third-order valence-corrected chi connectivity index (χ3v) is 1.00. The van der Waals surface area contributed by atoms with Gasteiger partial charge in [0.1, 0.15) is 0 Å². The molecule has 0 aromatic heterocycles. The topological polar surface area (TPSA) is 327 Å². The molecule has 0 atom stereocenters. The minimum atomic E-state index is -1.24. The molecule has 0 amide bonds. The average Bonchev–Trinajstić information content (AvgIpc) is 1.41. The summed E-state index contributed by atoms with van der Waals surface area (Å²) in [6, 6.07) is 0. The van der Waals surface area contributed by atoms with Crippen LogP contribution in [0.4, 0.5) is 0 Å². The molecule has 0 heterocycles.